The number of benzene rings is 1. The molecule has 0 saturated heterocycles. The Morgan fingerprint density at radius 3 is 2.75 bits per heavy atom. The summed E-state index contributed by atoms with van der Waals surface area (Å²) in [5, 5.41) is 3.14. The first-order valence-electron chi connectivity index (χ1n) is 8.79. The van der Waals surface area contributed by atoms with Crippen molar-refractivity contribution in [3.63, 3.8) is 0 Å². The van der Waals surface area contributed by atoms with E-state index in [0.717, 1.165) is 10.8 Å². The Morgan fingerprint density at radius 1 is 1.21 bits per heavy atom. The number of pyridine rings is 1. The molecule has 1 aromatic heterocycles. The molecule has 0 unspecified atom stereocenters. The van der Waals surface area contributed by atoms with Crippen molar-refractivity contribution < 1.29 is 0 Å². The second-order valence-corrected chi connectivity index (χ2v) is 7.00. The van der Waals surface area contributed by atoms with Crippen LogP contribution in [0.5, 0.6) is 0 Å². The normalized spacial score (nSPS) is 16.8. The van der Waals surface area contributed by atoms with Crippen LogP contribution in [-0.4, -0.2) is 28.1 Å². The Hall–Kier alpha value is -1.72. The van der Waals surface area contributed by atoms with E-state index in [-0.39, 0.29) is 6.04 Å². The second-order valence-electron chi connectivity index (χ2n) is 6.62. The maximum atomic E-state index is 5.55. The Kier molecular flexibility index (Phi) is 5.63. The van der Waals surface area contributed by atoms with Gasteiger partial charge in [0.25, 0.3) is 0 Å². The topological polar surface area (TPSA) is 40.2 Å². The third kappa shape index (κ3) is 3.84. The molecule has 1 saturated carbocycles. The van der Waals surface area contributed by atoms with Crippen LogP contribution in [0.3, 0.4) is 0 Å². The van der Waals surface area contributed by atoms with Crippen molar-refractivity contribution in [1.29, 1.82) is 0 Å². The maximum absolute atomic E-state index is 5.55. The summed E-state index contributed by atoms with van der Waals surface area (Å²) in [6.45, 7) is 2.10. The molecule has 1 aliphatic rings. The number of rotatable bonds is 4. The van der Waals surface area contributed by atoms with E-state index in [1.54, 1.807) is 0 Å². The van der Waals surface area contributed by atoms with Crippen molar-refractivity contribution in [3.05, 3.63) is 42.2 Å². The van der Waals surface area contributed by atoms with Gasteiger partial charge in [0.05, 0.1) is 11.7 Å². The Balaban J connectivity index is 1.62. The highest BCUT2D eigenvalue weighted by Crippen LogP contribution is 2.22. The molecule has 0 radical (unpaired) electrons. The summed E-state index contributed by atoms with van der Waals surface area (Å²) in [6.07, 6.45) is 8.30. The van der Waals surface area contributed by atoms with Crippen LogP contribution in [0.25, 0.3) is 10.8 Å². The van der Waals surface area contributed by atoms with Crippen molar-refractivity contribution in [2.24, 2.45) is 0 Å². The molecule has 0 bridgehead atoms. The Labute approximate surface area is 149 Å². The fraction of sp³-hybridized carbons (Fsp3) is 0.474. The number of nitrogens with one attached hydrogen (secondary N) is 2. The molecule has 1 aromatic carbocycles. The maximum Gasteiger partial charge on any atom is 0.183 e. The third-order valence-electron chi connectivity index (χ3n) is 4.95. The van der Waals surface area contributed by atoms with E-state index in [4.69, 9.17) is 12.2 Å². The fourth-order valence-electron chi connectivity index (χ4n) is 3.45. The zero-order chi connectivity index (χ0) is 16.9. The molecule has 0 spiro atoms. The van der Waals surface area contributed by atoms with Gasteiger partial charge < -0.3 is 4.90 Å². The Morgan fingerprint density at radius 2 is 1.96 bits per heavy atom. The number of hydrazine groups is 1. The highest BCUT2D eigenvalue weighted by molar-refractivity contribution is 7.80. The van der Waals surface area contributed by atoms with Gasteiger partial charge in [-0.25, -0.2) is 5.43 Å². The largest absolute Gasteiger partial charge is 0.348 e. The van der Waals surface area contributed by atoms with E-state index in [2.05, 4.69) is 59.0 Å². The van der Waals surface area contributed by atoms with Crippen LogP contribution in [0.15, 0.2) is 36.5 Å². The van der Waals surface area contributed by atoms with Crippen molar-refractivity contribution in [3.8, 4) is 0 Å². The van der Waals surface area contributed by atoms with Gasteiger partial charge in [-0.2, -0.15) is 0 Å². The van der Waals surface area contributed by atoms with Crippen molar-refractivity contribution >= 4 is 28.1 Å². The number of hydrogen-bond acceptors (Lipinski definition) is 3. The minimum absolute atomic E-state index is 0.0637. The van der Waals surface area contributed by atoms with Crippen LogP contribution in [0.4, 0.5) is 0 Å². The predicted molar refractivity (Wildman–Crippen MR) is 104 cm³/mol. The van der Waals surface area contributed by atoms with Crippen LogP contribution in [-0.2, 0) is 0 Å². The van der Waals surface area contributed by atoms with Gasteiger partial charge >= 0.3 is 0 Å². The molecule has 2 aromatic rings. The highest BCUT2D eigenvalue weighted by Gasteiger charge is 2.20. The lowest BCUT2D eigenvalue weighted by Gasteiger charge is -2.33. The van der Waals surface area contributed by atoms with Crippen molar-refractivity contribution in [1.82, 2.24) is 20.7 Å². The number of aromatic nitrogens is 1. The summed E-state index contributed by atoms with van der Waals surface area (Å²) in [7, 11) is 2.09. The van der Waals surface area contributed by atoms with Gasteiger partial charge in [0.15, 0.2) is 5.11 Å². The molecule has 4 nitrogen and oxygen atoms in total. The van der Waals surface area contributed by atoms with Gasteiger partial charge in [-0.1, -0.05) is 43.5 Å². The number of hydrogen-bond donors (Lipinski definition) is 2. The first kappa shape index (κ1) is 17.1. The molecule has 128 valence electrons. The highest BCUT2D eigenvalue weighted by atomic mass is 32.1. The second kappa shape index (κ2) is 7.90. The SMILES string of the molecule is C[C@@H](NNC(=S)N(C)C1CCCCC1)c1nccc2ccccc12. The molecule has 3 rings (SSSR count). The van der Waals surface area contributed by atoms with E-state index in [1.807, 2.05) is 12.3 Å². The standard InChI is InChI=1S/C19H26N4S/c1-14(18-17-11-7-6-8-15(17)12-13-20-18)21-22-19(24)23(2)16-9-4-3-5-10-16/h6-8,11-14,16,21H,3-5,9-10H2,1-2H3,(H,22,24)/t14-/m1/s1. The first-order valence-corrected chi connectivity index (χ1v) is 9.19. The van der Waals surface area contributed by atoms with Crippen LogP contribution in [0.1, 0.15) is 50.8 Å². The molecule has 0 amide bonds. The van der Waals surface area contributed by atoms with Crippen LogP contribution in [0, 0.1) is 0 Å². The van der Waals surface area contributed by atoms with Crippen LogP contribution < -0.4 is 10.9 Å². The molecule has 1 heterocycles. The number of thiocarbonyl (C=S) groups is 1. The molecule has 1 aliphatic carbocycles. The molecule has 0 aliphatic heterocycles. The first-order chi connectivity index (χ1) is 11.7. The smallest absolute Gasteiger partial charge is 0.183 e. The van der Waals surface area contributed by atoms with Gasteiger partial charge in [-0.15, -0.1) is 0 Å². The van der Waals surface area contributed by atoms with Gasteiger partial charge in [-0.3, -0.25) is 10.4 Å². The van der Waals surface area contributed by atoms with Crippen LogP contribution >= 0.6 is 12.2 Å². The number of nitrogens with zero attached hydrogens (tertiary/aromatic N) is 2. The van der Waals surface area contributed by atoms with E-state index in [1.165, 1.54) is 42.9 Å². The zero-order valence-electron chi connectivity index (χ0n) is 14.5. The quantitative estimate of drug-likeness (QED) is 0.650. The summed E-state index contributed by atoms with van der Waals surface area (Å²) in [5.41, 5.74) is 7.56. The summed E-state index contributed by atoms with van der Waals surface area (Å²) < 4.78 is 0. The minimum atomic E-state index is 0.0637. The van der Waals surface area contributed by atoms with Crippen molar-refractivity contribution in [2.45, 2.75) is 51.1 Å². The summed E-state index contributed by atoms with van der Waals surface area (Å²) in [4.78, 5) is 6.76. The van der Waals surface area contributed by atoms with Crippen molar-refractivity contribution in [2.75, 3.05) is 7.05 Å². The fourth-order valence-corrected chi connectivity index (χ4v) is 3.66. The van der Waals surface area contributed by atoms with Gasteiger partial charge in [0, 0.05) is 24.7 Å². The van der Waals surface area contributed by atoms with Gasteiger partial charge in [0.2, 0.25) is 0 Å². The molecule has 1 fully saturated rings. The lowest BCUT2D eigenvalue weighted by Crippen LogP contribution is -2.49. The van der Waals surface area contributed by atoms with E-state index >= 15 is 0 Å². The molecule has 1 atom stereocenters. The minimum Gasteiger partial charge on any atom is -0.348 e. The molecule has 24 heavy (non-hydrogen) atoms. The predicted octanol–water partition coefficient (Wildman–Crippen LogP) is 3.94. The summed E-state index contributed by atoms with van der Waals surface area (Å²) in [6, 6.07) is 11.0. The summed E-state index contributed by atoms with van der Waals surface area (Å²) in [5.74, 6) is 0. The lowest BCUT2D eigenvalue weighted by atomic mass is 9.95. The van der Waals surface area contributed by atoms with Crippen LogP contribution in [0.2, 0.25) is 0 Å². The van der Waals surface area contributed by atoms with E-state index < -0.39 is 0 Å². The summed E-state index contributed by atoms with van der Waals surface area (Å²) >= 11 is 5.55. The molecule has 2 N–H and O–H groups in total. The number of fused-ring (bicyclic) bond motifs is 1. The van der Waals surface area contributed by atoms with E-state index in [9.17, 15) is 0 Å². The third-order valence-corrected chi connectivity index (χ3v) is 5.34. The van der Waals surface area contributed by atoms with Gasteiger partial charge in [0.1, 0.15) is 0 Å². The lowest BCUT2D eigenvalue weighted by molar-refractivity contribution is 0.272. The van der Waals surface area contributed by atoms with Gasteiger partial charge in [-0.05, 0) is 43.4 Å². The molecule has 5 heteroatoms. The molecular formula is C19H26N4S. The molecular weight excluding hydrogens is 316 g/mol. The van der Waals surface area contributed by atoms with E-state index in [0.29, 0.717) is 6.04 Å². The average Bonchev–Trinajstić information content (AvgIpc) is 2.65. The monoisotopic (exact) mass is 342 g/mol. The Bertz CT molecular complexity index is 691. The zero-order valence-corrected chi connectivity index (χ0v) is 15.3. The average molecular weight is 343 g/mol.